The zero-order chi connectivity index (χ0) is 14.7. The number of ether oxygens (including phenoxy) is 1. The molecule has 0 unspecified atom stereocenters. The van der Waals surface area contributed by atoms with Crippen molar-refractivity contribution in [2.45, 2.75) is 13.5 Å². The molecule has 7 nitrogen and oxygen atoms in total. The fourth-order valence-electron chi connectivity index (χ4n) is 1.55. The van der Waals surface area contributed by atoms with Gasteiger partial charge in [0.05, 0.1) is 10.6 Å². The molecule has 2 aromatic rings. The van der Waals surface area contributed by atoms with Gasteiger partial charge in [-0.3, -0.25) is 10.1 Å². The first-order valence-electron chi connectivity index (χ1n) is 5.53. The Morgan fingerprint density at radius 2 is 2.30 bits per heavy atom. The number of benzene rings is 1. The zero-order valence-electron chi connectivity index (χ0n) is 10.4. The second kappa shape index (κ2) is 5.66. The number of aryl methyl sites for hydroxylation is 1. The molecule has 0 bridgehead atoms. The highest BCUT2D eigenvalue weighted by molar-refractivity contribution is 7.11. The van der Waals surface area contributed by atoms with E-state index in [1.54, 1.807) is 18.4 Å². The van der Waals surface area contributed by atoms with Crippen molar-refractivity contribution in [3.05, 3.63) is 50.0 Å². The SMILES string of the molecule is Cc1cc(OCc2csc(C(=O)O)n2)ccc1[N+](=O)[O-]. The monoisotopic (exact) mass is 294 g/mol. The molecule has 0 saturated carbocycles. The fourth-order valence-corrected chi connectivity index (χ4v) is 2.19. The lowest BCUT2D eigenvalue weighted by atomic mass is 10.2. The standard InChI is InChI=1S/C12H10N2O5S/c1-7-4-9(2-3-10(7)14(17)18)19-5-8-6-20-11(13-8)12(15)16/h2-4,6H,5H2,1H3,(H,15,16). The number of thiazole rings is 1. The lowest BCUT2D eigenvalue weighted by molar-refractivity contribution is -0.385. The highest BCUT2D eigenvalue weighted by Gasteiger charge is 2.12. The average molecular weight is 294 g/mol. The molecule has 1 N–H and O–H groups in total. The number of nitro benzene ring substituents is 1. The number of hydrogen-bond acceptors (Lipinski definition) is 6. The molecule has 8 heteroatoms. The maximum atomic E-state index is 10.7. The van der Waals surface area contributed by atoms with Crippen LogP contribution in [-0.2, 0) is 6.61 Å². The van der Waals surface area contributed by atoms with Crippen molar-refractivity contribution in [2.24, 2.45) is 0 Å². The third-order valence-electron chi connectivity index (χ3n) is 2.49. The van der Waals surface area contributed by atoms with Gasteiger partial charge in [-0.2, -0.15) is 0 Å². The van der Waals surface area contributed by atoms with Gasteiger partial charge in [0.2, 0.25) is 5.01 Å². The van der Waals surface area contributed by atoms with Crippen LogP contribution in [-0.4, -0.2) is 21.0 Å². The highest BCUT2D eigenvalue weighted by atomic mass is 32.1. The van der Waals surface area contributed by atoms with Gasteiger partial charge in [0.15, 0.2) is 0 Å². The van der Waals surface area contributed by atoms with E-state index >= 15 is 0 Å². The molecule has 104 valence electrons. The first-order valence-corrected chi connectivity index (χ1v) is 6.41. The van der Waals surface area contributed by atoms with Gasteiger partial charge < -0.3 is 9.84 Å². The van der Waals surface area contributed by atoms with Gasteiger partial charge in [0.1, 0.15) is 12.4 Å². The van der Waals surface area contributed by atoms with Crippen molar-refractivity contribution in [3.63, 3.8) is 0 Å². The van der Waals surface area contributed by atoms with Crippen molar-refractivity contribution >= 4 is 23.0 Å². The molecule has 0 saturated heterocycles. The number of rotatable bonds is 5. The minimum Gasteiger partial charge on any atom is -0.487 e. The number of aromatic nitrogens is 1. The summed E-state index contributed by atoms with van der Waals surface area (Å²) in [7, 11) is 0. The van der Waals surface area contributed by atoms with Gasteiger partial charge in [0.25, 0.3) is 5.69 Å². The van der Waals surface area contributed by atoms with Gasteiger partial charge in [-0.1, -0.05) is 0 Å². The molecule has 1 aromatic carbocycles. The van der Waals surface area contributed by atoms with Crippen molar-refractivity contribution in [1.82, 2.24) is 4.98 Å². The second-order valence-electron chi connectivity index (χ2n) is 3.94. The topological polar surface area (TPSA) is 103 Å². The predicted octanol–water partition coefficient (Wildman–Crippen LogP) is 2.64. The Hall–Kier alpha value is -2.48. The van der Waals surface area contributed by atoms with Crippen molar-refractivity contribution in [1.29, 1.82) is 0 Å². The molecule has 20 heavy (non-hydrogen) atoms. The van der Waals surface area contributed by atoms with Gasteiger partial charge in [0, 0.05) is 17.0 Å². The molecule has 0 atom stereocenters. The molecule has 0 fully saturated rings. The van der Waals surface area contributed by atoms with Crippen molar-refractivity contribution in [3.8, 4) is 5.75 Å². The number of nitro groups is 1. The minimum atomic E-state index is -1.08. The summed E-state index contributed by atoms with van der Waals surface area (Å²) in [4.78, 5) is 24.8. The summed E-state index contributed by atoms with van der Waals surface area (Å²) in [5, 5.41) is 21.0. The molecule has 0 aliphatic carbocycles. The van der Waals surface area contributed by atoms with Gasteiger partial charge in [-0.25, -0.2) is 9.78 Å². The molecule has 1 heterocycles. The van der Waals surface area contributed by atoms with Crippen LogP contribution in [0.5, 0.6) is 5.75 Å². The number of hydrogen-bond donors (Lipinski definition) is 1. The first-order chi connectivity index (χ1) is 9.47. The van der Waals surface area contributed by atoms with Crippen LogP contribution in [0.15, 0.2) is 23.6 Å². The molecule has 2 rings (SSSR count). The van der Waals surface area contributed by atoms with Crippen LogP contribution in [0.25, 0.3) is 0 Å². The van der Waals surface area contributed by atoms with E-state index in [2.05, 4.69) is 4.98 Å². The van der Waals surface area contributed by atoms with Crippen LogP contribution in [0.2, 0.25) is 0 Å². The maximum absolute atomic E-state index is 10.7. The molecular formula is C12H10N2O5S. The summed E-state index contributed by atoms with van der Waals surface area (Å²) in [6.45, 7) is 1.73. The molecule has 0 spiro atoms. The van der Waals surface area contributed by atoms with E-state index in [1.165, 1.54) is 12.1 Å². The molecule has 0 aliphatic heterocycles. The summed E-state index contributed by atoms with van der Waals surface area (Å²) in [5.41, 5.74) is 1.03. The van der Waals surface area contributed by atoms with E-state index in [0.29, 0.717) is 17.0 Å². The highest BCUT2D eigenvalue weighted by Crippen LogP contribution is 2.23. The predicted molar refractivity (Wildman–Crippen MR) is 71.2 cm³/mol. The number of carbonyl (C=O) groups is 1. The number of carboxylic acids is 1. The van der Waals surface area contributed by atoms with E-state index in [1.807, 2.05) is 0 Å². The minimum absolute atomic E-state index is 0.00322. The Kier molecular flexibility index (Phi) is 3.94. The summed E-state index contributed by atoms with van der Waals surface area (Å²) >= 11 is 1.02. The quantitative estimate of drug-likeness (QED) is 0.671. The fraction of sp³-hybridized carbons (Fsp3) is 0.167. The van der Waals surface area contributed by atoms with Crippen molar-refractivity contribution < 1.29 is 19.6 Å². The normalized spacial score (nSPS) is 10.2. The number of carboxylic acid groups (broad SMARTS) is 1. The lowest BCUT2D eigenvalue weighted by Gasteiger charge is -2.05. The Morgan fingerprint density at radius 1 is 1.55 bits per heavy atom. The summed E-state index contributed by atoms with van der Waals surface area (Å²) < 4.78 is 5.43. The van der Waals surface area contributed by atoms with E-state index < -0.39 is 10.9 Å². The second-order valence-corrected chi connectivity index (χ2v) is 4.80. The van der Waals surface area contributed by atoms with Crippen LogP contribution in [0.3, 0.4) is 0 Å². The van der Waals surface area contributed by atoms with E-state index in [-0.39, 0.29) is 17.3 Å². The van der Waals surface area contributed by atoms with E-state index in [0.717, 1.165) is 11.3 Å². The Morgan fingerprint density at radius 3 is 2.85 bits per heavy atom. The Balaban J connectivity index is 2.05. The molecule has 0 aliphatic rings. The van der Waals surface area contributed by atoms with Crippen LogP contribution in [0.1, 0.15) is 21.1 Å². The van der Waals surface area contributed by atoms with Gasteiger partial charge in [-0.15, -0.1) is 11.3 Å². The van der Waals surface area contributed by atoms with Crippen LogP contribution < -0.4 is 4.74 Å². The maximum Gasteiger partial charge on any atom is 0.365 e. The molecule has 1 aromatic heterocycles. The van der Waals surface area contributed by atoms with Gasteiger partial charge in [-0.05, 0) is 19.1 Å². The summed E-state index contributed by atoms with van der Waals surface area (Å²) in [6, 6.07) is 4.42. The summed E-state index contributed by atoms with van der Waals surface area (Å²) in [6.07, 6.45) is 0. The Labute approximate surface area is 117 Å². The van der Waals surface area contributed by atoms with Crippen LogP contribution in [0.4, 0.5) is 5.69 Å². The third kappa shape index (κ3) is 3.09. The largest absolute Gasteiger partial charge is 0.487 e. The lowest BCUT2D eigenvalue weighted by Crippen LogP contribution is -1.99. The smallest absolute Gasteiger partial charge is 0.365 e. The summed E-state index contributed by atoms with van der Waals surface area (Å²) in [5.74, 6) is -0.606. The molecule has 0 radical (unpaired) electrons. The number of nitrogens with zero attached hydrogens (tertiary/aromatic N) is 2. The van der Waals surface area contributed by atoms with E-state index in [9.17, 15) is 14.9 Å². The average Bonchev–Trinajstić information content (AvgIpc) is 2.85. The molecular weight excluding hydrogens is 284 g/mol. The molecule has 0 amide bonds. The third-order valence-corrected chi connectivity index (χ3v) is 3.37. The van der Waals surface area contributed by atoms with Crippen LogP contribution in [0, 0.1) is 17.0 Å². The Bertz CT molecular complexity index is 668. The zero-order valence-corrected chi connectivity index (χ0v) is 11.2. The number of aromatic carboxylic acids is 1. The van der Waals surface area contributed by atoms with Crippen molar-refractivity contribution in [2.75, 3.05) is 0 Å². The van der Waals surface area contributed by atoms with Crippen LogP contribution >= 0.6 is 11.3 Å². The van der Waals surface area contributed by atoms with Gasteiger partial charge >= 0.3 is 5.97 Å². The van der Waals surface area contributed by atoms with E-state index in [4.69, 9.17) is 9.84 Å². The first kappa shape index (κ1) is 13.9.